The lowest BCUT2D eigenvalue weighted by Crippen LogP contribution is -2.24. The number of aldehydes is 1. The lowest BCUT2D eigenvalue weighted by Gasteiger charge is -2.11. The van der Waals surface area contributed by atoms with Gasteiger partial charge in [0.2, 0.25) is 0 Å². The first-order valence-electron chi connectivity index (χ1n) is 7.92. The van der Waals surface area contributed by atoms with Crippen LogP contribution in [-0.2, 0) is 14.3 Å². The van der Waals surface area contributed by atoms with Gasteiger partial charge in [0, 0.05) is 10.5 Å². The molecule has 142 valence electrons. The Morgan fingerprint density at radius 3 is 2.59 bits per heavy atom. The number of methoxy groups -OCH3 is 1. The highest BCUT2D eigenvalue weighted by Crippen LogP contribution is 2.27. The number of rotatable bonds is 9. The van der Waals surface area contributed by atoms with Gasteiger partial charge in [-0.15, -0.1) is 11.8 Å². The van der Waals surface area contributed by atoms with Gasteiger partial charge in [-0.2, -0.15) is 0 Å². The first-order chi connectivity index (χ1) is 13.1. The Hall–Kier alpha value is -3.00. The predicted molar refractivity (Wildman–Crippen MR) is 102 cm³/mol. The molecule has 0 atom stereocenters. The van der Waals surface area contributed by atoms with Crippen LogP contribution in [0.3, 0.4) is 0 Å². The molecule has 0 fully saturated rings. The van der Waals surface area contributed by atoms with Gasteiger partial charge in [-0.25, -0.2) is 4.79 Å². The summed E-state index contributed by atoms with van der Waals surface area (Å²) < 4.78 is 15.3. The summed E-state index contributed by atoms with van der Waals surface area (Å²) in [6.07, 6.45) is 2.58. The Kier molecular flexibility index (Phi) is 7.69. The number of carbonyl (C=O) groups is 3. The van der Waals surface area contributed by atoms with Gasteiger partial charge in [0.05, 0.1) is 12.8 Å². The second kappa shape index (κ2) is 10.2. The van der Waals surface area contributed by atoms with Gasteiger partial charge >= 0.3 is 5.97 Å². The molecule has 0 aliphatic carbocycles. The molecule has 0 unspecified atom stereocenters. The molecule has 0 radical (unpaired) electrons. The number of hydrogen-bond acceptors (Lipinski definition) is 7. The van der Waals surface area contributed by atoms with E-state index in [2.05, 4.69) is 5.32 Å². The van der Waals surface area contributed by atoms with Gasteiger partial charge in [-0.05, 0) is 36.6 Å². The molecule has 0 saturated carbocycles. The molecule has 0 bridgehead atoms. The average Bonchev–Trinajstić information content (AvgIpc) is 2.70. The number of para-hydroxylation sites is 1. The number of amides is 1. The molecule has 0 aliphatic heterocycles. The lowest BCUT2D eigenvalue weighted by molar-refractivity contribution is -0.149. The summed E-state index contributed by atoms with van der Waals surface area (Å²) in [4.78, 5) is 35.4. The number of hydrogen-bond donors (Lipinski definition) is 1. The summed E-state index contributed by atoms with van der Waals surface area (Å²) in [5.74, 6) is -0.542. The number of nitrogens with one attached hydrogen (secondary N) is 1. The standard InChI is InChI=1S/C19H19NO6S/c1-24-16-9-13(10-21)7-8-15(16)25-12-19(23)26-11-18(22)20-14-5-3-4-6-17(14)27-2/h3-10H,11-12H2,1-2H3,(H,20,22). The van der Waals surface area contributed by atoms with E-state index in [1.807, 2.05) is 18.4 Å². The van der Waals surface area contributed by atoms with Gasteiger partial charge in [0.1, 0.15) is 6.29 Å². The Bertz CT molecular complexity index is 824. The van der Waals surface area contributed by atoms with Crippen molar-refractivity contribution in [2.45, 2.75) is 4.90 Å². The molecule has 1 N–H and O–H groups in total. The fraction of sp³-hybridized carbons (Fsp3) is 0.211. The lowest BCUT2D eigenvalue weighted by atomic mass is 10.2. The fourth-order valence-corrected chi connectivity index (χ4v) is 2.69. The van der Waals surface area contributed by atoms with E-state index in [0.717, 1.165) is 4.90 Å². The van der Waals surface area contributed by atoms with Crippen LogP contribution in [-0.4, -0.2) is 44.7 Å². The topological polar surface area (TPSA) is 90.9 Å². The van der Waals surface area contributed by atoms with Crippen molar-refractivity contribution < 1.29 is 28.6 Å². The van der Waals surface area contributed by atoms with Gasteiger partial charge < -0.3 is 19.5 Å². The number of ether oxygens (including phenoxy) is 3. The van der Waals surface area contributed by atoms with Crippen LogP contribution in [0.15, 0.2) is 47.4 Å². The minimum atomic E-state index is -0.704. The summed E-state index contributed by atoms with van der Waals surface area (Å²) in [6.45, 7) is -0.822. The molecule has 0 heterocycles. The number of anilines is 1. The molecule has 0 spiro atoms. The first-order valence-corrected chi connectivity index (χ1v) is 9.14. The van der Waals surface area contributed by atoms with E-state index in [1.54, 1.807) is 12.1 Å². The minimum Gasteiger partial charge on any atom is -0.493 e. The highest BCUT2D eigenvalue weighted by atomic mass is 32.2. The Morgan fingerprint density at radius 2 is 1.89 bits per heavy atom. The molecular weight excluding hydrogens is 370 g/mol. The fourth-order valence-electron chi connectivity index (χ4n) is 2.14. The number of carbonyl (C=O) groups excluding carboxylic acids is 3. The van der Waals surface area contributed by atoms with E-state index in [0.29, 0.717) is 29.0 Å². The van der Waals surface area contributed by atoms with Crippen LogP contribution in [0, 0.1) is 0 Å². The monoisotopic (exact) mass is 389 g/mol. The van der Waals surface area contributed by atoms with Crippen LogP contribution in [0.2, 0.25) is 0 Å². The molecule has 27 heavy (non-hydrogen) atoms. The van der Waals surface area contributed by atoms with Gasteiger partial charge in [0.25, 0.3) is 5.91 Å². The molecule has 2 rings (SSSR count). The third-order valence-corrected chi connectivity index (χ3v) is 4.21. The van der Waals surface area contributed by atoms with Crippen LogP contribution in [0.25, 0.3) is 0 Å². The van der Waals surface area contributed by atoms with Crippen molar-refractivity contribution >= 4 is 35.6 Å². The Morgan fingerprint density at radius 1 is 1.11 bits per heavy atom. The van der Waals surface area contributed by atoms with Crippen molar-refractivity contribution in [2.75, 3.05) is 31.9 Å². The zero-order chi connectivity index (χ0) is 19.6. The largest absolute Gasteiger partial charge is 0.493 e. The molecule has 0 aromatic heterocycles. The zero-order valence-electron chi connectivity index (χ0n) is 14.9. The second-order valence-electron chi connectivity index (χ2n) is 5.23. The predicted octanol–water partition coefficient (Wildman–Crippen LogP) is 2.79. The summed E-state index contributed by atoms with van der Waals surface area (Å²) in [5, 5.41) is 2.69. The molecule has 1 amide bonds. The number of esters is 1. The van der Waals surface area contributed by atoms with Gasteiger partial charge in [0.15, 0.2) is 24.7 Å². The van der Waals surface area contributed by atoms with Crippen LogP contribution in [0.5, 0.6) is 11.5 Å². The SMILES string of the molecule is COc1cc(C=O)ccc1OCC(=O)OCC(=O)Nc1ccccc1SC. The van der Waals surface area contributed by atoms with Crippen LogP contribution in [0.4, 0.5) is 5.69 Å². The Labute approximate surface area is 161 Å². The molecule has 0 saturated heterocycles. The van der Waals surface area contributed by atoms with E-state index in [-0.39, 0.29) is 0 Å². The van der Waals surface area contributed by atoms with Crippen molar-refractivity contribution in [3.05, 3.63) is 48.0 Å². The first kappa shape index (κ1) is 20.3. The second-order valence-corrected chi connectivity index (χ2v) is 6.07. The summed E-state index contributed by atoms with van der Waals surface area (Å²) in [5.41, 5.74) is 1.08. The van der Waals surface area contributed by atoms with Crippen LogP contribution < -0.4 is 14.8 Å². The number of benzene rings is 2. The molecular formula is C19H19NO6S. The quantitative estimate of drug-likeness (QED) is 0.401. The van der Waals surface area contributed by atoms with Crippen LogP contribution in [0.1, 0.15) is 10.4 Å². The van der Waals surface area contributed by atoms with Gasteiger partial charge in [-0.3, -0.25) is 9.59 Å². The van der Waals surface area contributed by atoms with E-state index in [4.69, 9.17) is 14.2 Å². The molecule has 7 nitrogen and oxygen atoms in total. The van der Waals surface area contributed by atoms with Crippen molar-refractivity contribution in [1.29, 1.82) is 0 Å². The average molecular weight is 389 g/mol. The smallest absolute Gasteiger partial charge is 0.344 e. The maximum Gasteiger partial charge on any atom is 0.344 e. The summed E-state index contributed by atoms with van der Waals surface area (Å²) in [7, 11) is 1.42. The van der Waals surface area contributed by atoms with Crippen molar-refractivity contribution in [1.82, 2.24) is 0 Å². The maximum absolute atomic E-state index is 11.9. The van der Waals surface area contributed by atoms with Gasteiger partial charge in [-0.1, -0.05) is 12.1 Å². The zero-order valence-corrected chi connectivity index (χ0v) is 15.7. The van der Waals surface area contributed by atoms with Crippen LogP contribution >= 0.6 is 11.8 Å². The highest BCUT2D eigenvalue weighted by Gasteiger charge is 2.12. The van der Waals surface area contributed by atoms with E-state index in [1.165, 1.54) is 37.1 Å². The molecule has 2 aromatic rings. The van der Waals surface area contributed by atoms with Crippen molar-refractivity contribution in [2.24, 2.45) is 0 Å². The molecule has 0 aliphatic rings. The molecule has 2 aromatic carbocycles. The van der Waals surface area contributed by atoms with E-state index < -0.39 is 25.1 Å². The normalized spacial score (nSPS) is 10.0. The van der Waals surface area contributed by atoms with E-state index in [9.17, 15) is 14.4 Å². The third kappa shape index (κ3) is 6.03. The van der Waals surface area contributed by atoms with Crippen molar-refractivity contribution in [3.8, 4) is 11.5 Å². The number of thioether (sulfide) groups is 1. The third-order valence-electron chi connectivity index (χ3n) is 3.41. The maximum atomic E-state index is 11.9. The van der Waals surface area contributed by atoms with Crippen molar-refractivity contribution in [3.63, 3.8) is 0 Å². The highest BCUT2D eigenvalue weighted by molar-refractivity contribution is 7.98. The van der Waals surface area contributed by atoms with E-state index >= 15 is 0 Å². The Balaban J connectivity index is 1.82. The summed E-state index contributed by atoms with van der Waals surface area (Å²) in [6, 6.07) is 11.9. The molecule has 8 heteroatoms. The summed E-state index contributed by atoms with van der Waals surface area (Å²) >= 11 is 1.50. The minimum absolute atomic E-state index is 0.290.